The molecule has 2 N–H and O–H groups in total. The van der Waals surface area contributed by atoms with Crippen molar-refractivity contribution >= 4 is 33.3 Å². The minimum atomic E-state index is -0.100. The summed E-state index contributed by atoms with van der Waals surface area (Å²) in [6, 6.07) is 7.63. The van der Waals surface area contributed by atoms with E-state index in [1.54, 1.807) is 0 Å². The van der Waals surface area contributed by atoms with Crippen LogP contribution in [0.2, 0.25) is 0 Å². The molecule has 1 aromatic heterocycles. The summed E-state index contributed by atoms with van der Waals surface area (Å²) in [6.45, 7) is 6.40. The van der Waals surface area contributed by atoms with Gasteiger partial charge in [-0.3, -0.25) is 9.59 Å². The molecule has 2 aromatic rings. The zero-order valence-electron chi connectivity index (χ0n) is 15.4. The van der Waals surface area contributed by atoms with E-state index >= 15 is 0 Å². The van der Waals surface area contributed by atoms with Gasteiger partial charge in [-0.15, -0.1) is 0 Å². The van der Waals surface area contributed by atoms with Gasteiger partial charge in [-0.2, -0.15) is 0 Å². The molecule has 0 bridgehead atoms. The highest BCUT2D eigenvalue weighted by molar-refractivity contribution is 9.10. The smallest absolute Gasteiger partial charge is 0.279 e. The van der Waals surface area contributed by atoms with Crippen LogP contribution >= 0.6 is 15.9 Å². The average molecular weight is 407 g/mol. The molecule has 0 aliphatic rings. The molecular formula is C19H25BrN3O2+. The number of anilines is 1. The van der Waals surface area contributed by atoms with E-state index in [0.29, 0.717) is 0 Å². The number of hydrogen-bond donors (Lipinski definition) is 2. The Morgan fingerprint density at radius 3 is 2.40 bits per heavy atom. The highest BCUT2D eigenvalue weighted by Gasteiger charge is 2.19. The number of halogens is 1. The monoisotopic (exact) mass is 406 g/mol. The molecule has 0 saturated carbocycles. The van der Waals surface area contributed by atoms with Crippen molar-refractivity contribution in [1.82, 2.24) is 4.57 Å². The summed E-state index contributed by atoms with van der Waals surface area (Å²) < 4.78 is 2.98. The van der Waals surface area contributed by atoms with Crippen LogP contribution in [0.25, 0.3) is 0 Å². The van der Waals surface area contributed by atoms with E-state index in [2.05, 4.69) is 21.2 Å². The number of nitrogens with zero attached hydrogens (tertiary/aromatic N) is 1. The molecule has 5 nitrogen and oxygen atoms in total. The summed E-state index contributed by atoms with van der Waals surface area (Å²) in [5.74, 6) is -0.0389. The lowest BCUT2D eigenvalue weighted by Gasteiger charge is -2.14. The van der Waals surface area contributed by atoms with E-state index < -0.39 is 0 Å². The Morgan fingerprint density at radius 2 is 1.84 bits per heavy atom. The first-order valence-corrected chi connectivity index (χ1v) is 9.01. The van der Waals surface area contributed by atoms with Crippen LogP contribution in [0.4, 0.5) is 5.69 Å². The number of rotatable bonds is 6. The van der Waals surface area contributed by atoms with Crippen molar-refractivity contribution in [2.45, 2.75) is 20.8 Å². The normalized spacial score (nSPS) is 12.1. The van der Waals surface area contributed by atoms with E-state index in [9.17, 15) is 9.59 Å². The predicted octanol–water partition coefficient (Wildman–Crippen LogP) is 2.05. The number of aryl methyl sites for hydroxylation is 2. The second kappa shape index (κ2) is 7.97. The number of benzene rings is 1. The van der Waals surface area contributed by atoms with Gasteiger partial charge in [0.25, 0.3) is 5.91 Å². The number of likely N-dealkylation sites (N-methyl/N-ethyl adjacent to an activating group) is 1. The molecule has 2 rings (SSSR count). The Labute approximate surface area is 157 Å². The van der Waals surface area contributed by atoms with Gasteiger partial charge >= 0.3 is 0 Å². The second-order valence-electron chi connectivity index (χ2n) is 6.59. The molecule has 1 amide bonds. The standard InChI is InChI=1S/C19H24BrN3O2/c1-12-8-15(20)6-7-17(12)21-19(25)11-22(4)10-18(24)16-9-13(2)23(5)14(16)3/h6-9H,10-11H2,1-5H3,(H,21,25)/p+1. The molecule has 1 atom stereocenters. The van der Waals surface area contributed by atoms with Crippen LogP contribution in [0.15, 0.2) is 28.7 Å². The molecule has 134 valence electrons. The fourth-order valence-electron chi connectivity index (χ4n) is 2.81. The molecule has 1 heterocycles. The number of carbonyl (C=O) groups is 2. The van der Waals surface area contributed by atoms with Gasteiger partial charge in [0, 0.05) is 34.2 Å². The first kappa shape index (κ1) is 19.4. The van der Waals surface area contributed by atoms with E-state index in [-0.39, 0.29) is 24.8 Å². The molecule has 25 heavy (non-hydrogen) atoms. The third kappa shape index (κ3) is 4.80. The maximum atomic E-state index is 12.5. The second-order valence-corrected chi connectivity index (χ2v) is 7.50. The third-order valence-corrected chi connectivity index (χ3v) is 4.96. The van der Waals surface area contributed by atoms with E-state index in [1.165, 1.54) is 0 Å². The highest BCUT2D eigenvalue weighted by Crippen LogP contribution is 2.19. The predicted molar refractivity (Wildman–Crippen MR) is 103 cm³/mol. The van der Waals surface area contributed by atoms with Gasteiger partial charge in [-0.25, -0.2) is 0 Å². The minimum Gasteiger partial charge on any atom is -0.351 e. The molecule has 0 saturated heterocycles. The van der Waals surface area contributed by atoms with Crippen molar-refractivity contribution in [2.75, 3.05) is 25.5 Å². The molecule has 1 unspecified atom stereocenters. The van der Waals surface area contributed by atoms with Crippen molar-refractivity contribution in [3.05, 3.63) is 51.3 Å². The van der Waals surface area contributed by atoms with Crippen LogP contribution in [0, 0.1) is 20.8 Å². The van der Waals surface area contributed by atoms with Crippen molar-refractivity contribution in [3.8, 4) is 0 Å². The average Bonchev–Trinajstić information content (AvgIpc) is 2.77. The zero-order chi connectivity index (χ0) is 18.7. The van der Waals surface area contributed by atoms with Crippen LogP contribution in [0.3, 0.4) is 0 Å². The number of Topliss-reactive ketones (excluding diaryl/α,β-unsaturated/α-hetero) is 1. The SMILES string of the molecule is Cc1cc(Br)ccc1NC(=O)C[NH+](C)CC(=O)c1cc(C)n(C)c1C. The Balaban J connectivity index is 1.94. The number of carbonyl (C=O) groups excluding carboxylic acids is 2. The van der Waals surface area contributed by atoms with Gasteiger partial charge in [-0.1, -0.05) is 15.9 Å². The molecule has 0 fully saturated rings. The first-order valence-electron chi connectivity index (χ1n) is 8.22. The van der Waals surface area contributed by atoms with Crippen molar-refractivity contribution in [2.24, 2.45) is 7.05 Å². The maximum Gasteiger partial charge on any atom is 0.279 e. The zero-order valence-corrected chi connectivity index (χ0v) is 17.0. The summed E-state index contributed by atoms with van der Waals surface area (Å²) >= 11 is 3.41. The fourth-order valence-corrected chi connectivity index (χ4v) is 3.28. The number of amides is 1. The van der Waals surface area contributed by atoms with Gasteiger partial charge in [0.05, 0.1) is 7.05 Å². The molecule has 0 aliphatic carbocycles. The summed E-state index contributed by atoms with van der Waals surface area (Å²) in [4.78, 5) is 25.6. The molecule has 0 aliphatic heterocycles. The number of hydrogen-bond acceptors (Lipinski definition) is 2. The third-order valence-electron chi connectivity index (χ3n) is 4.46. The lowest BCUT2D eigenvalue weighted by atomic mass is 10.1. The van der Waals surface area contributed by atoms with Crippen LogP contribution in [-0.4, -0.2) is 36.4 Å². The minimum absolute atomic E-state index is 0.0614. The Kier molecular flexibility index (Phi) is 6.19. The van der Waals surface area contributed by atoms with Gasteiger partial charge in [0.2, 0.25) is 5.78 Å². The quantitative estimate of drug-likeness (QED) is 0.721. The van der Waals surface area contributed by atoms with E-state index in [0.717, 1.165) is 37.6 Å². The summed E-state index contributed by atoms with van der Waals surface area (Å²) in [5, 5.41) is 2.91. The van der Waals surface area contributed by atoms with Gasteiger partial charge in [0.1, 0.15) is 6.54 Å². The summed E-state index contributed by atoms with van der Waals surface area (Å²) in [7, 11) is 3.81. The van der Waals surface area contributed by atoms with Crippen LogP contribution in [0.1, 0.15) is 27.3 Å². The van der Waals surface area contributed by atoms with Crippen LogP contribution < -0.4 is 10.2 Å². The molecular weight excluding hydrogens is 382 g/mol. The Morgan fingerprint density at radius 1 is 1.16 bits per heavy atom. The van der Waals surface area contributed by atoms with Crippen LogP contribution in [-0.2, 0) is 11.8 Å². The number of ketones is 1. The highest BCUT2D eigenvalue weighted by atomic mass is 79.9. The Bertz CT molecular complexity index is 811. The van der Waals surface area contributed by atoms with Gasteiger partial charge in [0.15, 0.2) is 6.54 Å². The van der Waals surface area contributed by atoms with Crippen LogP contribution in [0.5, 0.6) is 0 Å². The Hall–Kier alpha value is -1.92. The number of quaternary nitrogens is 1. The van der Waals surface area contributed by atoms with E-state index in [4.69, 9.17) is 0 Å². The number of aromatic nitrogens is 1. The lowest BCUT2D eigenvalue weighted by Crippen LogP contribution is -3.11. The topological polar surface area (TPSA) is 55.5 Å². The summed E-state index contributed by atoms with van der Waals surface area (Å²) in [6.07, 6.45) is 0. The summed E-state index contributed by atoms with van der Waals surface area (Å²) in [5.41, 5.74) is 4.55. The fraction of sp³-hybridized carbons (Fsp3) is 0.368. The molecule has 6 heteroatoms. The molecule has 0 spiro atoms. The van der Waals surface area contributed by atoms with Crippen molar-refractivity contribution < 1.29 is 14.5 Å². The number of nitrogens with one attached hydrogen (secondary N) is 2. The largest absolute Gasteiger partial charge is 0.351 e. The first-order chi connectivity index (χ1) is 11.7. The van der Waals surface area contributed by atoms with Crippen molar-refractivity contribution in [3.63, 3.8) is 0 Å². The van der Waals surface area contributed by atoms with E-state index in [1.807, 2.05) is 63.7 Å². The van der Waals surface area contributed by atoms with Gasteiger partial charge in [-0.05, 0) is 50.6 Å². The lowest BCUT2D eigenvalue weighted by molar-refractivity contribution is -0.861. The van der Waals surface area contributed by atoms with Gasteiger partial charge < -0.3 is 14.8 Å². The van der Waals surface area contributed by atoms with Crippen molar-refractivity contribution in [1.29, 1.82) is 0 Å². The maximum absolute atomic E-state index is 12.5. The molecule has 0 radical (unpaired) electrons. The molecule has 1 aromatic carbocycles.